The summed E-state index contributed by atoms with van der Waals surface area (Å²) in [6.45, 7) is 7.10. The van der Waals surface area contributed by atoms with Crippen LogP contribution in [0.2, 0.25) is 6.32 Å². The number of hydrogen-bond acceptors (Lipinski definition) is 5. The molecule has 1 aromatic heterocycles. The van der Waals surface area contributed by atoms with Gasteiger partial charge < -0.3 is 5.02 Å². The molecule has 0 atom stereocenters. The van der Waals surface area contributed by atoms with Crippen molar-refractivity contribution in [2.75, 3.05) is 0 Å². The molecule has 1 heterocycles. The molecule has 7 heteroatoms. The quantitative estimate of drug-likeness (QED) is 0.490. The van der Waals surface area contributed by atoms with Gasteiger partial charge in [0.2, 0.25) is 0 Å². The monoisotopic (exact) mass is 251 g/mol. The maximum atomic E-state index is 12.0. The molecule has 0 unspecified atom stereocenters. The summed E-state index contributed by atoms with van der Waals surface area (Å²) in [5.41, 5.74) is 0. The molecule has 0 saturated carbocycles. The van der Waals surface area contributed by atoms with Crippen molar-refractivity contribution in [2.24, 2.45) is 5.10 Å². The molecule has 0 aliphatic heterocycles. The van der Waals surface area contributed by atoms with E-state index < -0.39 is 13.0 Å². The van der Waals surface area contributed by atoms with Crippen LogP contribution in [0, 0.1) is 6.92 Å². The summed E-state index contributed by atoms with van der Waals surface area (Å²) in [5, 5.41) is 13.9. The molecule has 17 heavy (non-hydrogen) atoms. The molecule has 0 bridgehead atoms. The Kier molecular flexibility index (Phi) is 5.05. The van der Waals surface area contributed by atoms with Crippen molar-refractivity contribution in [1.29, 1.82) is 0 Å². The number of carbonyl (C=O) groups is 1. The SMILES string of the molecule is C=C/C=N\N(B(O)CC)C(=O)c1ncc(C)s1. The summed E-state index contributed by atoms with van der Waals surface area (Å²) < 4.78 is 0. The smallest absolute Gasteiger partial charge is 0.431 e. The second kappa shape index (κ2) is 6.31. The lowest BCUT2D eigenvalue weighted by molar-refractivity contribution is 0.0843. The van der Waals surface area contributed by atoms with Crippen molar-refractivity contribution < 1.29 is 9.82 Å². The number of nitrogens with zero attached hydrogens (tertiary/aromatic N) is 3. The summed E-state index contributed by atoms with van der Waals surface area (Å²) in [4.78, 5) is 18.0. The largest absolute Gasteiger partial charge is 0.438 e. The highest BCUT2D eigenvalue weighted by Gasteiger charge is 2.27. The number of rotatable bonds is 5. The number of amides is 1. The van der Waals surface area contributed by atoms with E-state index in [1.165, 1.54) is 23.6 Å². The van der Waals surface area contributed by atoms with Crippen LogP contribution < -0.4 is 0 Å². The van der Waals surface area contributed by atoms with E-state index in [0.717, 1.165) is 9.80 Å². The third-order valence-electron chi connectivity index (χ3n) is 1.96. The number of thiazole rings is 1. The highest BCUT2D eigenvalue weighted by molar-refractivity contribution is 7.13. The lowest BCUT2D eigenvalue weighted by Crippen LogP contribution is -2.39. The summed E-state index contributed by atoms with van der Waals surface area (Å²) >= 11 is 1.27. The van der Waals surface area contributed by atoms with E-state index in [-0.39, 0.29) is 0 Å². The molecule has 1 aromatic rings. The maximum absolute atomic E-state index is 12.0. The molecule has 5 nitrogen and oxygen atoms in total. The van der Waals surface area contributed by atoms with E-state index in [1.807, 2.05) is 6.92 Å². The lowest BCUT2D eigenvalue weighted by Gasteiger charge is -2.17. The van der Waals surface area contributed by atoms with Gasteiger partial charge in [0, 0.05) is 17.3 Å². The van der Waals surface area contributed by atoms with Crippen molar-refractivity contribution >= 4 is 30.5 Å². The molecule has 0 aromatic carbocycles. The minimum atomic E-state index is -0.956. The summed E-state index contributed by atoms with van der Waals surface area (Å²) in [7, 11) is -0.956. The lowest BCUT2D eigenvalue weighted by atomic mass is 9.79. The van der Waals surface area contributed by atoms with Crippen LogP contribution >= 0.6 is 11.3 Å². The van der Waals surface area contributed by atoms with Crippen LogP contribution in [0.4, 0.5) is 0 Å². The molecule has 0 saturated heterocycles. The van der Waals surface area contributed by atoms with E-state index in [4.69, 9.17) is 0 Å². The molecule has 0 fully saturated rings. The predicted octanol–water partition coefficient (Wildman–Crippen LogP) is 1.57. The number of hydrazone groups is 1. The summed E-state index contributed by atoms with van der Waals surface area (Å²) in [6, 6.07) is 0. The minimum absolute atomic E-state index is 0.316. The van der Waals surface area contributed by atoms with Crippen molar-refractivity contribution in [2.45, 2.75) is 20.2 Å². The Morgan fingerprint density at radius 3 is 3.00 bits per heavy atom. The van der Waals surface area contributed by atoms with Gasteiger partial charge in [-0.1, -0.05) is 13.5 Å². The zero-order valence-corrected chi connectivity index (χ0v) is 10.6. The van der Waals surface area contributed by atoms with E-state index in [0.29, 0.717) is 11.3 Å². The molecule has 0 spiro atoms. The third kappa shape index (κ3) is 3.50. The standard InChI is InChI=1S/C10H14BN3O2S/c1-4-6-13-14(11(16)5-2)10(15)9-12-7-8(3)17-9/h4,6-7,16H,1,5H2,2-3H3/b13-6-. The van der Waals surface area contributed by atoms with Crippen LogP contribution in [0.1, 0.15) is 21.6 Å². The number of allylic oxidation sites excluding steroid dienone is 1. The Morgan fingerprint density at radius 1 is 1.82 bits per heavy atom. The fraction of sp³-hybridized carbons (Fsp3) is 0.300. The van der Waals surface area contributed by atoms with Gasteiger partial charge in [-0.25, -0.2) is 9.90 Å². The molecule has 0 aliphatic carbocycles. The Labute approximate surface area is 105 Å². The van der Waals surface area contributed by atoms with E-state index in [2.05, 4.69) is 16.7 Å². The fourth-order valence-corrected chi connectivity index (χ4v) is 1.80. The van der Waals surface area contributed by atoms with E-state index in [9.17, 15) is 9.82 Å². The van der Waals surface area contributed by atoms with Gasteiger partial charge in [-0.3, -0.25) is 4.79 Å². The van der Waals surface area contributed by atoms with Crippen LogP contribution in [0.3, 0.4) is 0 Å². The molecule has 1 rings (SSSR count). The molecular weight excluding hydrogens is 237 g/mol. The van der Waals surface area contributed by atoms with E-state index >= 15 is 0 Å². The zero-order chi connectivity index (χ0) is 12.8. The van der Waals surface area contributed by atoms with Gasteiger partial charge in [0.05, 0.1) is 0 Å². The van der Waals surface area contributed by atoms with Gasteiger partial charge in [0.15, 0.2) is 5.01 Å². The molecule has 0 aliphatic rings. The van der Waals surface area contributed by atoms with Crippen molar-refractivity contribution in [1.82, 2.24) is 9.90 Å². The Morgan fingerprint density at radius 2 is 2.53 bits per heavy atom. The third-order valence-corrected chi connectivity index (χ3v) is 2.86. The van der Waals surface area contributed by atoms with Crippen LogP contribution in [0.15, 0.2) is 24.0 Å². The van der Waals surface area contributed by atoms with Crippen LogP contribution in [-0.4, -0.2) is 34.1 Å². The van der Waals surface area contributed by atoms with Gasteiger partial charge in [-0.15, -0.1) is 11.3 Å². The Bertz CT molecular complexity index is 433. The highest BCUT2D eigenvalue weighted by atomic mass is 32.1. The van der Waals surface area contributed by atoms with E-state index in [1.54, 1.807) is 13.1 Å². The van der Waals surface area contributed by atoms with Gasteiger partial charge in [0.25, 0.3) is 5.91 Å². The first-order chi connectivity index (χ1) is 8.10. The van der Waals surface area contributed by atoms with Crippen LogP contribution in [-0.2, 0) is 0 Å². The topological polar surface area (TPSA) is 65.8 Å². The first kappa shape index (κ1) is 13.6. The van der Waals surface area contributed by atoms with Crippen molar-refractivity contribution in [3.05, 3.63) is 28.7 Å². The minimum Gasteiger partial charge on any atom is -0.431 e. The fourth-order valence-electron chi connectivity index (χ4n) is 1.11. The average Bonchev–Trinajstić information content (AvgIpc) is 2.75. The molecule has 90 valence electrons. The summed E-state index contributed by atoms with van der Waals surface area (Å²) in [5.74, 6) is -0.407. The van der Waals surface area contributed by atoms with Gasteiger partial charge in [0.1, 0.15) is 0 Å². The van der Waals surface area contributed by atoms with Gasteiger partial charge in [-0.05, 0) is 19.3 Å². The average molecular weight is 251 g/mol. The van der Waals surface area contributed by atoms with Crippen LogP contribution in [0.5, 0.6) is 0 Å². The molecule has 0 radical (unpaired) electrons. The summed E-state index contributed by atoms with van der Waals surface area (Å²) in [6.07, 6.45) is 4.81. The normalized spacial score (nSPS) is 10.5. The number of carbonyl (C=O) groups excluding carboxylic acids is 1. The first-order valence-electron chi connectivity index (χ1n) is 5.19. The second-order valence-corrected chi connectivity index (χ2v) is 4.55. The van der Waals surface area contributed by atoms with Gasteiger partial charge in [-0.2, -0.15) is 5.10 Å². The van der Waals surface area contributed by atoms with Gasteiger partial charge >= 0.3 is 7.05 Å². The number of hydrogen-bond donors (Lipinski definition) is 1. The first-order valence-corrected chi connectivity index (χ1v) is 6.00. The number of aryl methyl sites for hydroxylation is 1. The predicted molar refractivity (Wildman–Crippen MR) is 70.2 cm³/mol. The molecule has 1 amide bonds. The van der Waals surface area contributed by atoms with Crippen molar-refractivity contribution in [3.8, 4) is 0 Å². The van der Waals surface area contributed by atoms with Crippen molar-refractivity contribution in [3.63, 3.8) is 0 Å². The Hall–Kier alpha value is -1.47. The molecule has 1 N–H and O–H groups in total. The highest BCUT2D eigenvalue weighted by Crippen LogP contribution is 2.15. The maximum Gasteiger partial charge on any atom is 0.438 e. The Balaban J connectivity index is 2.93. The number of aromatic nitrogens is 1. The molecular formula is C10H14BN3O2S. The second-order valence-electron chi connectivity index (χ2n) is 3.31. The zero-order valence-electron chi connectivity index (χ0n) is 9.83. The van der Waals surface area contributed by atoms with Crippen LogP contribution in [0.25, 0.3) is 0 Å².